The number of carbonyl (C=O) groups is 2. The zero-order valence-electron chi connectivity index (χ0n) is 25.9. The van der Waals surface area contributed by atoms with Crippen LogP contribution in [0.1, 0.15) is 64.2 Å². The summed E-state index contributed by atoms with van der Waals surface area (Å²) in [5.74, 6) is -0.0366. The highest BCUT2D eigenvalue weighted by atomic mass is 16.5. The molecule has 4 atom stereocenters. The molecule has 0 aliphatic carbocycles. The van der Waals surface area contributed by atoms with Crippen LogP contribution in [-0.2, 0) is 14.3 Å². The summed E-state index contributed by atoms with van der Waals surface area (Å²) in [5.41, 5.74) is 6.89. The van der Waals surface area contributed by atoms with E-state index in [2.05, 4.69) is 24.1 Å². The zero-order valence-corrected chi connectivity index (χ0v) is 25.9. The maximum atomic E-state index is 13.6. The van der Waals surface area contributed by atoms with Crippen molar-refractivity contribution < 1.29 is 28.9 Å². The van der Waals surface area contributed by atoms with Gasteiger partial charge in [0.15, 0.2) is 0 Å². The molecule has 234 valence electrons. The Bertz CT molecular complexity index is 911. The van der Waals surface area contributed by atoms with E-state index < -0.39 is 12.1 Å². The second-order valence-corrected chi connectivity index (χ2v) is 11.4. The molecule has 1 aromatic heterocycles. The molecule has 0 aromatic carbocycles. The number of morpholine rings is 1. The Morgan fingerprint density at radius 1 is 1.17 bits per heavy atom. The van der Waals surface area contributed by atoms with Crippen molar-refractivity contribution in [1.82, 2.24) is 20.3 Å². The fraction of sp³-hybridized carbons (Fsp3) is 0.767. The molecule has 1 aliphatic heterocycles. The van der Waals surface area contributed by atoms with Crippen LogP contribution < -0.4 is 15.8 Å². The van der Waals surface area contributed by atoms with E-state index in [9.17, 15) is 14.7 Å². The second kappa shape index (κ2) is 18.3. The van der Waals surface area contributed by atoms with Gasteiger partial charge in [0, 0.05) is 64.5 Å². The third-order valence-corrected chi connectivity index (χ3v) is 7.78. The molecule has 0 spiro atoms. The van der Waals surface area contributed by atoms with Gasteiger partial charge in [0.05, 0.1) is 25.9 Å². The summed E-state index contributed by atoms with van der Waals surface area (Å²) in [5, 5.41) is 18.0. The monoisotopic (exact) mass is 579 g/mol. The van der Waals surface area contributed by atoms with Crippen LogP contribution in [0, 0.1) is 23.7 Å². The minimum atomic E-state index is -0.850. The van der Waals surface area contributed by atoms with E-state index in [4.69, 9.17) is 19.9 Å². The van der Waals surface area contributed by atoms with Crippen LogP contribution in [0.2, 0.25) is 0 Å². The van der Waals surface area contributed by atoms with E-state index in [1.165, 1.54) is 0 Å². The smallest absolute Gasteiger partial charge is 0.256 e. The molecule has 4 N–H and O–H groups in total. The van der Waals surface area contributed by atoms with E-state index in [1.807, 2.05) is 25.8 Å². The Labute approximate surface area is 246 Å². The Balaban J connectivity index is 1.98. The molecular weight excluding hydrogens is 526 g/mol. The molecule has 2 amide bonds. The summed E-state index contributed by atoms with van der Waals surface area (Å²) < 4.78 is 16.2. The predicted octanol–water partition coefficient (Wildman–Crippen LogP) is 2.34. The van der Waals surface area contributed by atoms with Crippen molar-refractivity contribution in [2.45, 2.75) is 66.0 Å². The predicted molar refractivity (Wildman–Crippen MR) is 158 cm³/mol. The quantitative estimate of drug-likeness (QED) is 0.224. The number of hydrogen-bond donors (Lipinski definition) is 3. The largest absolute Gasteiger partial charge is 0.477 e. The van der Waals surface area contributed by atoms with Gasteiger partial charge in [0.25, 0.3) is 5.91 Å². The number of methoxy groups -OCH3 is 1. The Morgan fingerprint density at radius 3 is 2.49 bits per heavy atom. The fourth-order valence-electron chi connectivity index (χ4n) is 5.04. The van der Waals surface area contributed by atoms with E-state index in [1.54, 1.807) is 30.4 Å². The third kappa shape index (κ3) is 11.1. The summed E-state index contributed by atoms with van der Waals surface area (Å²) in [6, 6.07) is 2.85. The molecule has 1 aromatic rings. The van der Waals surface area contributed by atoms with Crippen LogP contribution >= 0.6 is 0 Å². The second-order valence-electron chi connectivity index (χ2n) is 11.4. The summed E-state index contributed by atoms with van der Waals surface area (Å²) in [7, 11) is 1.63. The molecule has 0 bridgehead atoms. The molecule has 1 saturated heterocycles. The first-order chi connectivity index (χ1) is 19.6. The number of aromatic nitrogens is 1. The molecule has 11 nitrogen and oxygen atoms in total. The maximum Gasteiger partial charge on any atom is 0.256 e. The highest BCUT2D eigenvalue weighted by Gasteiger charge is 2.34. The lowest BCUT2D eigenvalue weighted by Crippen LogP contribution is -2.54. The van der Waals surface area contributed by atoms with E-state index in [-0.39, 0.29) is 47.8 Å². The van der Waals surface area contributed by atoms with Crippen LogP contribution in [-0.4, -0.2) is 104 Å². The first-order valence-electron chi connectivity index (χ1n) is 15.0. The van der Waals surface area contributed by atoms with Crippen molar-refractivity contribution in [2.75, 3.05) is 59.7 Å². The van der Waals surface area contributed by atoms with Crippen molar-refractivity contribution >= 4 is 11.8 Å². The molecule has 0 saturated carbocycles. The van der Waals surface area contributed by atoms with Gasteiger partial charge < -0.3 is 30.4 Å². The first kappa shape index (κ1) is 34.9. The fourth-order valence-corrected chi connectivity index (χ4v) is 5.04. The number of hydrazine groups is 1. The van der Waals surface area contributed by atoms with Gasteiger partial charge in [-0.3, -0.25) is 14.6 Å². The third-order valence-electron chi connectivity index (χ3n) is 7.78. The van der Waals surface area contributed by atoms with Gasteiger partial charge in [-0.15, -0.1) is 0 Å². The normalized spacial score (nSPS) is 17.2. The van der Waals surface area contributed by atoms with Gasteiger partial charge in [-0.1, -0.05) is 27.7 Å². The number of nitrogens with two attached hydrogens (primary N) is 1. The molecular formula is C30H53N5O6. The molecule has 2 rings (SSSR count). The molecule has 1 fully saturated rings. The van der Waals surface area contributed by atoms with E-state index in [0.29, 0.717) is 71.0 Å². The van der Waals surface area contributed by atoms with Crippen molar-refractivity contribution in [3.8, 4) is 5.88 Å². The van der Waals surface area contributed by atoms with Crippen molar-refractivity contribution in [3.63, 3.8) is 0 Å². The number of ether oxygens (including phenoxy) is 3. The van der Waals surface area contributed by atoms with Crippen molar-refractivity contribution in [1.29, 1.82) is 0 Å². The van der Waals surface area contributed by atoms with Crippen LogP contribution in [0.15, 0.2) is 18.3 Å². The molecule has 0 radical (unpaired) electrons. The average molecular weight is 580 g/mol. The van der Waals surface area contributed by atoms with Crippen LogP contribution in [0.5, 0.6) is 5.88 Å². The van der Waals surface area contributed by atoms with Crippen LogP contribution in [0.3, 0.4) is 0 Å². The SMILES string of the molecule is CCN(C(=O)C(CC(O)C(N)CC(CNC(=O)c1cccnc1OCCCOC)C(C)C)C(C)C)N1CCOCC1. The number of nitrogens with one attached hydrogen (secondary N) is 1. The number of amides is 2. The Kier molecular flexibility index (Phi) is 15.6. The molecule has 11 heteroatoms. The maximum absolute atomic E-state index is 13.6. The lowest BCUT2D eigenvalue weighted by molar-refractivity contribution is -0.163. The Morgan fingerprint density at radius 2 is 1.88 bits per heavy atom. The standard InChI is InChI=1S/C30H53N5O6/c1-7-35(34-12-16-40-17-13-34)30(38)25(22(4)5)19-27(36)26(31)18-23(21(2)3)20-33-28(37)24-10-8-11-32-29(24)41-15-9-14-39-6/h8,10-11,21-23,25-27,36H,7,9,12-20,31H2,1-6H3,(H,33,37). The molecule has 4 unspecified atom stereocenters. The lowest BCUT2D eigenvalue weighted by atomic mass is 9.83. The first-order valence-corrected chi connectivity index (χ1v) is 15.0. The highest BCUT2D eigenvalue weighted by molar-refractivity contribution is 5.96. The summed E-state index contributed by atoms with van der Waals surface area (Å²) >= 11 is 0. The number of aliphatic hydroxyl groups excluding tert-OH is 1. The van der Waals surface area contributed by atoms with Gasteiger partial charge in [-0.25, -0.2) is 9.99 Å². The van der Waals surface area contributed by atoms with Gasteiger partial charge >= 0.3 is 0 Å². The van der Waals surface area contributed by atoms with E-state index >= 15 is 0 Å². The number of hydrogen-bond acceptors (Lipinski definition) is 9. The Hall–Kier alpha value is -2.31. The van der Waals surface area contributed by atoms with Gasteiger partial charge in [0.2, 0.25) is 11.8 Å². The number of nitrogens with zero attached hydrogens (tertiary/aromatic N) is 3. The topological polar surface area (TPSA) is 139 Å². The lowest BCUT2D eigenvalue weighted by Gasteiger charge is -2.39. The molecule has 1 aliphatic rings. The summed E-state index contributed by atoms with van der Waals surface area (Å²) in [6.07, 6.45) is 2.23. The average Bonchev–Trinajstić information content (AvgIpc) is 2.96. The van der Waals surface area contributed by atoms with Crippen molar-refractivity contribution in [3.05, 3.63) is 23.9 Å². The number of rotatable bonds is 18. The number of carbonyl (C=O) groups excluding carboxylic acids is 2. The van der Waals surface area contributed by atoms with Crippen molar-refractivity contribution in [2.24, 2.45) is 29.4 Å². The van der Waals surface area contributed by atoms with Gasteiger partial charge in [-0.2, -0.15) is 0 Å². The molecule has 41 heavy (non-hydrogen) atoms. The van der Waals surface area contributed by atoms with Crippen LogP contribution in [0.4, 0.5) is 0 Å². The summed E-state index contributed by atoms with van der Waals surface area (Å²) in [4.78, 5) is 30.8. The minimum Gasteiger partial charge on any atom is -0.477 e. The highest BCUT2D eigenvalue weighted by Crippen LogP contribution is 2.25. The summed E-state index contributed by atoms with van der Waals surface area (Å²) in [6.45, 7) is 14.6. The minimum absolute atomic E-state index is 0.0139. The molecule has 2 heterocycles. The van der Waals surface area contributed by atoms with Gasteiger partial charge in [-0.05, 0) is 49.7 Å². The zero-order chi connectivity index (χ0) is 30.4. The van der Waals surface area contributed by atoms with E-state index in [0.717, 1.165) is 0 Å². The van der Waals surface area contributed by atoms with Crippen LogP contribution in [0.25, 0.3) is 0 Å². The number of aliphatic hydroxyl groups is 1. The number of pyridine rings is 1. The van der Waals surface area contributed by atoms with Gasteiger partial charge in [0.1, 0.15) is 5.56 Å².